The number of hydrogen-bond donors (Lipinski definition) is 0. The Morgan fingerprint density at radius 3 is 0.941 bits per heavy atom. The van der Waals surface area contributed by atoms with Crippen molar-refractivity contribution in [3.05, 3.63) is 48.6 Å². The summed E-state index contributed by atoms with van der Waals surface area (Å²) in [6.45, 7) is -1.00. The largest absolute Gasteiger partial charge is 2.00 e. The molecule has 5 heteroatoms. The molecule has 0 heterocycles. The van der Waals surface area contributed by atoms with Gasteiger partial charge in [-0.1, -0.05) is 48.6 Å². The van der Waals surface area contributed by atoms with Crippen LogP contribution in [-0.4, -0.2) is 36.0 Å². The first kappa shape index (κ1) is 21.0. The number of allylic oxidation sites excluding steroid dienone is 8. The summed E-state index contributed by atoms with van der Waals surface area (Å²) in [4.78, 5) is 16.5. The van der Waals surface area contributed by atoms with Gasteiger partial charge in [0.1, 0.15) is 0 Å². The maximum atomic E-state index is 8.25. The van der Waals surface area contributed by atoms with E-state index in [2.05, 4.69) is 48.6 Å². The van der Waals surface area contributed by atoms with Crippen molar-refractivity contribution >= 4 is 36.0 Å². The maximum Gasteiger partial charge on any atom is 2.00 e. The topological polar surface area (TPSA) is 80.3 Å². The van der Waals surface area contributed by atoms with Gasteiger partial charge in [0.15, 0.2) is 0 Å². The summed E-state index contributed by atoms with van der Waals surface area (Å²) < 4.78 is 0. The minimum Gasteiger partial charge on any atom is -0.554 e. The average Bonchev–Trinajstić information content (AvgIpc) is 3.00. The molecule has 2 rings (SSSR count). The van der Waals surface area contributed by atoms with Gasteiger partial charge in [0.05, 0.1) is 0 Å². The first-order valence-electron chi connectivity index (χ1n) is 4.58. The summed E-state index contributed by atoms with van der Waals surface area (Å²) in [5, 5.41) is 16.5. The molecule has 88 valence electrons. The second kappa shape index (κ2) is 24.1. The van der Waals surface area contributed by atoms with E-state index in [0.29, 0.717) is 0 Å². The van der Waals surface area contributed by atoms with Crippen LogP contribution in [-0.2, 0) is 9.59 Å². The summed E-state index contributed by atoms with van der Waals surface area (Å²) in [5.41, 5.74) is 0. The van der Waals surface area contributed by atoms with E-state index in [-0.39, 0.29) is 23.1 Å². The first-order chi connectivity index (χ1) is 7.83. The molecule has 0 saturated carbocycles. The SMILES string of the molecule is C1=CCC=C1.C1=CCC=C1.O=C[O-].O=C[O-].[Mg+2]. The van der Waals surface area contributed by atoms with Crippen LogP contribution >= 0.6 is 0 Å². The average molecular weight is 247 g/mol. The zero-order valence-corrected chi connectivity index (χ0v) is 10.9. The molecule has 0 saturated heterocycles. The second-order valence-electron chi connectivity index (χ2n) is 2.38. The molecule has 4 nitrogen and oxygen atoms in total. The third-order valence-corrected chi connectivity index (χ3v) is 1.31. The van der Waals surface area contributed by atoms with Gasteiger partial charge in [-0.2, -0.15) is 0 Å². The van der Waals surface area contributed by atoms with Crippen LogP contribution in [0.3, 0.4) is 0 Å². The molecule has 0 fully saturated rings. The van der Waals surface area contributed by atoms with Crippen LogP contribution in [0.4, 0.5) is 0 Å². The number of carboxylic acid groups (broad SMARTS) is 2. The Bertz CT molecular complexity index is 220. The van der Waals surface area contributed by atoms with Gasteiger partial charge >= 0.3 is 23.1 Å². The van der Waals surface area contributed by atoms with Gasteiger partial charge in [0.25, 0.3) is 0 Å². The molecule has 0 amide bonds. The molecule has 0 aromatic rings. The fourth-order valence-electron chi connectivity index (χ4n) is 0.786. The predicted octanol–water partition coefficient (Wildman–Crippen LogP) is -0.644. The van der Waals surface area contributed by atoms with Gasteiger partial charge in [0.2, 0.25) is 0 Å². The first-order valence-corrected chi connectivity index (χ1v) is 4.58. The van der Waals surface area contributed by atoms with Crippen molar-refractivity contribution in [2.75, 3.05) is 0 Å². The standard InChI is InChI=1S/2C5H6.2CH2O2.Mg/c2*1-2-4-5-3-1;2*2-1-3;/h2*1-4H,5H2;2*1H,(H,2,3);/q;;;;+2/p-2. The third kappa shape index (κ3) is 31.3. The monoisotopic (exact) mass is 246 g/mol. The van der Waals surface area contributed by atoms with Gasteiger partial charge in [-0.25, -0.2) is 0 Å². The number of hydrogen-bond acceptors (Lipinski definition) is 4. The molecule has 0 N–H and O–H groups in total. The van der Waals surface area contributed by atoms with Crippen molar-refractivity contribution in [2.24, 2.45) is 0 Å². The van der Waals surface area contributed by atoms with E-state index in [9.17, 15) is 0 Å². The van der Waals surface area contributed by atoms with Crippen LogP contribution < -0.4 is 10.2 Å². The van der Waals surface area contributed by atoms with E-state index in [0.717, 1.165) is 12.8 Å². The Balaban J connectivity index is -0.000000157. The summed E-state index contributed by atoms with van der Waals surface area (Å²) in [7, 11) is 0. The van der Waals surface area contributed by atoms with Crippen LogP contribution in [0.2, 0.25) is 0 Å². The van der Waals surface area contributed by atoms with Gasteiger partial charge in [-0.3, -0.25) is 0 Å². The van der Waals surface area contributed by atoms with Gasteiger partial charge in [-0.15, -0.1) is 0 Å². The zero-order valence-electron chi connectivity index (χ0n) is 9.53. The van der Waals surface area contributed by atoms with Crippen molar-refractivity contribution in [1.29, 1.82) is 0 Å². The Kier molecular flexibility index (Phi) is 29.7. The zero-order chi connectivity index (χ0) is 12.5. The molecule has 0 unspecified atom stereocenters. The van der Waals surface area contributed by atoms with Gasteiger partial charge in [-0.05, 0) is 12.8 Å². The quantitative estimate of drug-likeness (QED) is 0.420. The molecule has 0 aliphatic heterocycles. The van der Waals surface area contributed by atoms with E-state index in [4.69, 9.17) is 19.8 Å². The molecule has 0 aromatic carbocycles. The predicted molar refractivity (Wildman–Crippen MR) is 63.7 cm³/mol. The number of carbonyl (C=O) groups excluding carboxylic acids is 2. The summed E-state index contributed by atoms with van der Waals surface area (Å²) >= 11 is 0. The van der Waals surface area contributed by atoms with Crippen molar-refractivity contribution in [1.82, 2.24) is 0 Å². The van der Waals surface area contributed by atoms with Crippen LogP contribution in [0.1, 0.15) is 12.8 Å². The molecule has 2 aliphatic carbocycles. The maximum absolute atomic E-state index is 8.25. The fourth-order valence-corrected chi connectivity index (χ4v) is 0.786. The van der Waals surface area contributed by atoms with Crippen LogP contribution in [0.25, 0.3) is 0 Å². The fraction of sp³-hybridized carbons (Fsp3) is 0.167. The van der Waals surface area contributed by atoms with Crippen molar-refractivity contribution in [2.45, 2.75) is 12.8 Å². The van der Waals surface area contributed by atoms with E-state index in [1.54, 1.807) is 0 Å². The molecular weight excluding hydrogens is 232 g/mol. The van der Waals surface area contributed by atoms with Crippen LogP contribution in [0.5, 0.6) is 0 Å². The Morgan fingerprint density at radius 1 is 0.706 bits per heavy atom. The Morgan fingerprint density at radius 2 is 0.882 bits per heavy atom. The molecular formula is C12H14MgO4. The summed E-state index contributed by atoms with van der Waals surface area (Å²) in [5.74, 6) is 0. The van der Waals surface area contributed by atoms with Crippen molar-refractivity contribution < 1.29 is 19.8 Å². The Labute approximate surface area is 117 Å². The molecule has 0 spiro atoms. The minimum atomic E-state index is -0.500. The molecule has 0 bridgehead atoms. The van der Waals surface area contributed by atoms with Crippen molar-refractivity contribution in [3.63, 3.8) is 0 Å². The molecule has 2 aliphatic rings. The molecule has 0 aromatic heterocycles. The molecule has 0 radical (unpaired) electrons. The smallest absolute Gasteiger partial charge is 0.554 e. The van der Waals surface area contributed by atoms with E-state index in [1.807, 2.05) is 0 Å². The van der Waals surface area contributed by atoms with E-state index in [1.165, 1.54) is 0 Å². The second-order valence-corrected chi connectivity index (χ2v) is 2.38. The van der Waals surface area contributed by atoms with Gasteiger partial charge in [0, 0.05) is 12.9 Å². The molecule has 0 atom stereocenters. The third-order valence-electron chi connectivity index (χ3n) is 1.31. The van der Waals surface area contributed by atoms with Crippen molar-refractivity contribution in [3.8, 4) is 0 Å². The molecule has 17 heavy (non-hydrogen) atoms. The van der Waals surface area contributed by atoms with E-state index >= 15 is 0 Å². The number of carbonyl (C=O) groups is 2. The van der Waals surface area contributed by atoms with Gasteiger partial charge < -0.3 is 19.8 Å². The van der Waals surface area contributed by atoms with Crippen LogP contribution in [0, 0.1) is 0 Å². The normalized spacial score (nSPS) is 11.8. The Hall–Kier alpha value is -1.33. The number of rotatable bonds is 0. The van der Waals surface area contributed by atoms with E-state index < -0.39 is 12.9 Å². The van der Waals surface area contributed by atoms with Crippen LogP contribution in [0.15, 0.2) is 48.6 Å². The summed E-state index contributed by atoms with van der Waals surface area (Å²) in [6, 6.07) is 0. The summed E-state index contributed by atoms with van der Waals surface area (Å²) in [6.07, 6.45) is 19.0. The minimum absolute atomic E-state index is 0.